The summed E-state index contributed by atoms with van der Waals surface area (Å²) in [7, 11) is 0. The lowest BCUT2D eigenvalue weighted by Crippen LogP contribution is -2.36. The average molecular weight is 286 g/mol. The van der Waals surface area contributed by atoms with E-state index in [9.17, 15) is 14.4 Å². The van der Waals surface area contributed by atoms with Crippen molar-refractivity contribution in [2.45, 2.75) is 46.5 Å². The molecule has 6 heteroatoms. The first-order valence-electron chi connectivity index (χ1n) is 7.13. The van der Waals surface area contributed by atoms with Crippen LogP contribution in [-0.2, 0) is 14.4 Å². The van der Waals surface area contributed by atoms with Gasteiger partial charge in [-0.3, -0.25) is 14.4 Å². The van der Waals surface area contributed by atoms with Crippen LogP contribution in [0.5, 0.6) is 0 Å². The lowest BCUT2D eigenvalue weighted by molar-refractivity contribution is -0.139. The fourth-order valence-electron chi connectivity index (χ4n) is 1.72. The Balaban J connectivity index is 4.24. The molecule has 0 aromatic carbocycles. The molecule has 0 bridgehead atoms. The third-order valence-corrected chi connectivity index (χ3v) is 2.67. The maximum atomic E-state index is 12.0. The van der Waals surface area contributed by atoms with E-state index in [1.807, 2.05) is 20.8 Å². The molecule has 0 aliphatic rings. The summed E-state index contributed by atoms with van der Waals surface area (Å²) < 4.78 is 0. The number of carbonyl (C=O) groups is 3. The van der Waals surface area contributed by atoms with E-state index in [0.29, 0.717) is 13.1 Å². The van der Waals surface area contributed by atoms with Crippen molar-refractivity contribution >= 4 is 17.8 Å². The van der Waals surface area contributed by atoms with Gasteiger partial charge in [0, 0.05) is 32.5 Å². The van der Waals surface area contributed by atoms with E-state index in [1.165, 1.54) is 4.90 Å². The number of nitrogens with one attached hydrogen (secondary N) is 1. The van der Waals surface area contributed by atoms with Gasteiger partial charge in [-0.05, 0) is 12.3 Å². The zero-order valence-corrected chi connectivity index (χ0v) is 12.6. The number of nitrogens with zero attached hydrogens (tertiary/aromatic N) is 1. The summed E-state index contributed by atoms with van der Waals surface area (Å²) in [6.45, 7) is 7.22. The molecule has 0 saturated carbocycles. The molecule has 0 rings (SSSR count). The fraction of sp³-hybridized carbons (Fsp3) is 0.786. The molecule has 0 spiro atoms. The van der Waals surface area contributed by atoms with Gasteiger partial charge < -0.3 is 15.3 Å². The average Bonchev–Trinajstić information content (AvgIpc) is 2.37. The summed E-state index contributed by atoms with van der Waals surface area (Å²) in [5.74, 6) is -0.955. The molecule has 2 amide bonds. The van der Waals surface area contributed by atoms with E-state index in [4.69, 9.17) is 5.11 Å². The number of aliphatic carboxylic acids is 1. The third kappa shape index (κ3) is 9.35. The SMILES string of the molecule is CCCNC(=O)CCC(=O)N(CCC(=O)O)CC(C)C. The van der Waals surface area contributed by atoms with Crippen LogP contribution in [0, 0.1) is 5.92 Å². The van der Waals surface area contributed by atoms with Crippen LogP contribution >= 0.6 is 0 Å². The van der Waals surface area contributed by atoms with E-state index in [2.05, 4.69) is 5.32 Å². The Kier molecular flexibility index (Phi) is 9.41. The number of carbonyl (C=O) groups excluding carboxylic acids is 2. The zero-order valence-electron chi connectivity index (χ0n) is 12.6. The molecule has 0 atom stereocenters. The largest absolute Gasteiger partial charge is 0.481 e. The molecule has 116 valence electrons. The number of rotatable bonds is 10. The molecule has 0 unspecified atom stereocenters. The Morgan fingerprint density at radius 2 is 1.80 bits per heavy atom. The van der Waals surface area contributed by atoms with Gasteiger partial charge in [0.15, 0.2) is 0 Å². The van der Waals surface area contributed by atoms with E-state index >= 15 is 0 Å². The van der Waals surface area contributed by atoms with Crippen molar-refractivity contribution < 1.29 is 19.5 Å². The molecule has 0 aromatic heterocycles. The van der Waals surface area contributed by atoms with Gasteiger partial charge in [-0.15, -0.1) is 0 Å². The highest BCUT2D eigenvalue weighted by Crippen LogP contribution is 2.05. The number of hydrogen-bond donors (Lipinski definition) is 2. The van der Waals surface area contributed by atoms with E-state index in [1.54, 1.807) is 0 Å². The number of carboxylic acid groups (broad SMARTS) is 1. The number of amides is 2. The van der Waals surface area contributed by atoms with Crippen LogP contribution in [-0.4, -0.2) is 47.4 Å². The van der Waals surface area contributed by atoms with Gasteiger partial charge in [0.05, 0.1) is 6.42 Å². The summed E-state index contributed by atoms with van der Waals surface area (Å²) in [4.78, 5) is 35.6. The molecular formula is C14H26N2O4. The monoisotopic (exact) mass is 286 g/mol. The van der Waals surface area contributed by atoms with Gasteiger partial charge in [0.25, 0.3) is 0 Å². The molecule has 0 aliphatic heterocycles. The van der Waals surface area contributed by atoms with Crippen molar-refractivity contribution in [1.29, 1.82) is 0 Å². The topological polar surface area (TPSA) is 86.7 Å². The lowest BCUT2D eigenvalue weighted by atomic mass is 10.1. The van der Waals surface area contributed by atoms with Crippen molar-refractivity contribution in [2.75, 3.05) is 19.6 Å². The molecule has 0 aliphatic carbocycles. The molecule has 0 saturated heterocycles. The Hall–Kier alpha value is -1.59. The Morgan fingerprint density at radius 1 is 1.15 bits per heavy atom. The zero-order chi connectivity index (χ0) is 15.5. The smallest absolute Gasteiger partial charge is 0.305 e. The summed E-state index contributed by atoms with van der Waals surface area (Å²) >= 11 is 0. The molecule has 0 radical (unpaired) electrons. The Labute approximate surface area is 120 Å². The van der Waals surface area contributed by atoms with Crippen molar-refractivity contribution in [3.05, 3.63) is 0 Å². The van der Waals surface area contributed by atoms with Crippen LogP contribution < -0.4 is 5.32 Å². The number of carboxylic acids is 1. The molecule has 0 heterocycles. The summed E-state index contributed by atoms with van der Waals surface area (Å²) in [5.41, 5.74) is 0. The summed E-state index contributed by atoms with van der Waals surface area (Å²) in [5, 5.41) is 11.4. The van der Waals surface area contributed by atoms with Gasteiger partial charge in [0.2, 0.25) is 11.8 Å². The first-order valence-corrected chi connectivity index (χ1v) is 7.13. The predicted molar refractivity (Wildman–Crippen MR) is 76.2 cm³/mol. The minimum atomic E-state index is -0.924. The first-order chi connectivity index (χ1) is 9.36. The molecule has 6 nitrogen and oxygen atoms in total. The van der Waals surface area contributed by atoms with Crippen molar-refractivity contribution in [3.63, 3.8) is 0 Å². The van der Waals surface area contributed by atoms with Gasteiger partial charge in [0.1, 0.15) is 0 Å². The van der Waals surface area contributed by atoms with Gasteiger partial charge in [-0.25, -0.2) is 0 Å². The van der Waals surface area contributed by atoms with Crippen LogP contribution in [0.25, 0.3) is 0 Å². The molecule has 0 aromatic rings. The highest BCUT2D eigenvalue weighted by molar-refractivity contribution is 5.84. The molecular weight excluding hydrogens is 260 g/mol. The minimum Gasteiger partial charge on any atom is -0.481 e. The Morgan fingerprint density at radius 3 is 2.30 bits per heavy atom. The maximum Gasteiger partial charge on any atom is 0.305 e. The second-order valence-electron chi connectivity index (χ2n) is 5.23. The minimum absolute atomic E-state index is 0.0690. The van der Waals surface area contributed by atoms with Crippen LogP contribution in [0.4, 0.5) is 0 Å². The fourth-order valence-corrected chi connectivity index (χ4v) is 1.72. The van der Waals surface area contributed by atoms with Crippen LogP contribution in [0.3, 0.4) is 0 Å². The van der Waals surface area contributed by atoms with Crippen molar-refractivity contribution in [2.24, 2.45) is 5.92 Å². The highest BCUT2D eigenvalue weighted by Gasteiger charge is 2.17. The maximum absolute atomic E-state index is 12.0. The third-order valence-electron chi connectivity index (χ3n) is 2.67. The van der Waals surface area contributed by atoms with Gasteiger partial charge in [-0.1, -0.05) is 20.8 Å². The first kappa shape index (κ1) is 18.4. The lowest BCUT2D eigenvalue weighted by Gasteiger charge is -2.24. The standard InChI is InChI=1S/C14H26N2O4/c1-4-8-15-12(17)5-6-13(18)16(10-11(2)3)9-7-14(19)20/h11H,4-10H2,1-3H3,(H,15,17)(H,19,20). The summed E-state index contributed by atoms with van der Waals surface area (Å²) in [6, 6.07) is 0. The van der Waals surface area contributed by atoms with E-state index in [-0.39, 0.29) is 43.5 Å². The summed E-state index contributed by atoms with van der Waals surface area (Å²) in [6.07, 6.45) is 1.07. The highest BCUT2D eigenvalue weighted by atomic mass is 16.4. The van der Waals surface area contributed by atoms with Gasteiger partial charge >= 0.3 is 5.97 Å². The quantitative estimate of drug-likeness (QED) is 0.633. The van der Waals surface area contributed by atoms with Crippen molar-refractivity contribution in [3.8, 4) is 0 Å². The molecule has 2 N–H and O–H groups in total. The molecule has 0 fully saturated rings. The predicted octanol–water partition coefficient (Wildman–Crippen LogP) is 1.25. The van der Waals surface area contributed by atoms with Crippen LogP contribution in [0.1, 0.15) is 46.5 Å². The normalized spacial score (nSPS) is 10.4. The van der Waals surface area contributed by atoms with Gasteiger partial charge in [-0.2, -0.15) is 0 Å². The van der Waals surface area contributed by atoms with Crippen molar-refractivity contribution in [1.82, 2.24) is 10.2 Å². The second-order valence-corrected chi connectivity index (χ2v) is 5.23. The van der Waals surface area contributed by atoms with Crippen LogP contribution in [0.15, 0.2) is 0 Å². The van der Waals surface area contributed by atoms with E-state index < -0.39 is 5.97 Å². The number of hydrogen-bond acceptors (Lipinski definition) is 3. The Bertz CT molecular complexity index is 329. The van der Waals surface area contributed by atoms with Crippen LogP contribution in [0.2, 0.25) is 0 Å². The molecule has 20 heavy (non-hydrogen) atoms. The van der Waals surface area contributed by atoms with E-state index in [0.717, 1.165) is 6.42 Å². The second kappa shape index (κ2) is 10.2.